The molecule has 0 aliphatic heterocycles. The number of hydrogen-bond acceptors (Lipinski definition) is 3. The van der Waals surface area contributed by atoms with Crippen LogP contribution in [0.3, 0.4) is 0 Å². The SMILES string of the molecule is CCC(C)OC(=O)C(C)(C)NC(=O)C(F)(F)F. The van der Waals surface area contributed by atoms with Gasteiger partial charge in [0.25, 0.3) is 0 Å². The van der Waals surface area contributed by atoms with E-state index in [2.05, 4.69) is 0 Å². The Balaban J connectivity index is 4.57. The minimum absolute atomic E-state index is 0.412. The largest absolute Gasteiger partial charge is 0.471 e. The summed E-state index contributed by atoms with van der Waals surface area (Å²) in [5, 5.41) is 1.59. The topological polar surface area (TPSA) is 55.4 Å². The lowest BCUT2D eigenvalue weighted by Gasteiger charge is -2.26. The van der Waals surface area contributed by atoms with Crippen molar-refractivity contribution in [3.8, 4) is 0 Å². The van der Waals surface area contributed by atoms with Crippen molar-refractivity contribution in [2.75, 3.05) is 0 Å². The Hall–Kier alpha value is -1.27. The molecule has 100 valence electrons. The fourth-order valence-electron chi connectivity index (χ4n) is 0.819. The van der Waals surface area contributed by atoms with Crippen LogP contribution in [-0.2, 0) is 14.3 Å². The number of halogens is 3. The molecular weight excluding hydrogens is 239 g/mol. The number of amides is 1. The van der Waals surface area contributed by atoms with E-state index in [0.29, 0.717) is 6.42 Å². The molecule has 0 heterocycles. The minimum Gasteiger partial charge on any atom is -0.461 e. The average molecular weight is 255 g/mol. The van der Waals surface area contributed by atoms with Gasteiger partial charge in [-0.1, -0.05) is 6.92 Å². The van der Waals surface area contributed by atoms with Gasteiger partial charge in [-0.15, -0.1) is 0 Å². The predicted molar refractivity (Wildman–Crippen MR) is 54.1 cm³/mol. The smallest absolute Gasteiger partial charge is 0.461 e. The van der Waals surface area contributed by atoms with E-state index in [1.165, 1.54) is 0 Å². The van der Waals surface area contributed by atoms with Gasteiger partial charge in [-0.2, -0.15) is 13.2 Å². The number of rotatable bonds is 4. The van der Waals surface area contributed by atoms with E-state index in [1.54, 1.807) is 19.2 Å². The molecule has 0 bridgehead atoms. The average Bonchev–Trinajstić information content (AvgIpc) is 2.15. The van der Waals surface area contributed by atoms with Gasteiger partial charge in [0, 0.05) is 0 Å². The number of hydrogen-bond donors (Lipinski definition) is 1. The van der Waals surface area contributed by atoms with Crippen LogP contribution < -0.4 is 5.32 Å². The monoisotopic (exact) mass is 255 g/mol. The van der Waals surface area contributed by atoms with Gasteiger partial charge >= 0.3 is 18.1 Å². The predicted octanol–water partition coefficient (Wildman–Crippen LogP) is 1.79. The molecule has 7 heteroatoms. The summed E-state index contributed by atoms with van der Waals surface area (Å²) in [7, 11) is 0. The number of alkyl halides is 3. The molecule has 1 N–H and O–H groups in total. The Bertz CT molecular complexity index is 300. The molecule has 0 aliphatic rings. The Labute approximate surface area is 97.5 Å². The van der Waals surface area contributed by atoms with E-state index in [4.69, 9.17) is 4.74 Å². The first kappa shape index (κ1) is 15.7. The molecule has 1 atom stereocenters. The maximum atomic E-state index is 12.0. The molecule has 0 aliphatic carbocycles. The summed E-state index contributed by atoms with van der Waals surface area (Å²) in [5.74, 6) is -3.06. The summed E-state index contributed by atoms with van der Waals surface area (Å²) in [6, 6.07) is 0. The molecule has 0 aromatic rings. The molecule has 0 fully saturated rings. The molecule has 1 amide bonds. The number of esters is 1. The fraction of sp³-hybridized carbons (Fsp3) is 0.800. The second-order valence-corrected chi connectivity index (χ2v) is 4.20. The van der Waals surface area contributed by atoms with Crippen LogP contribution in [0, 0.1) is 0 Å². The quantitative estimate of drug-likeness (QED) is 0.779. The minimum atomic E-state index is -5.02. The molecule has 0 saturated heterocycles. The zero-order chi connectivity index (χ0) is 13.9. The van der Waals surface area contributed by atoms with E-state index < -0.39 is 29.7 Å². The highest BCUT2D eigenvalue weighted by Gasteiger charge is 2.44. The summed E-state index contributed by atoms with van der Waals surface area (Å²) in [6.07, 6.45) is -4.90. The normalized spacial score (nSPS) is 14.1. The second-order valence-electron chi connectivity index (χ2n) is 4.20. The van der Waals surface area contributed by atoms with Gasteiger partial charge in [-0.3, -0.25) is 4.79 Å². The molecule has 0 aromatic heterocycles. The van der Waals surface area contributed by atoms with E-state index >= 15 is 0 Å². The molecule has 0 aromatic carbocycles. The molecule has 0 rings (SSSR count). The number of carbonyl (C=O) groups is 2. The molecular formula is C10H16F3NO3. The first-order valence-corrected chi connectivity index (χ1v) is 5.11. The van der Waals surface area contributed by atoms with Crippen molar-refractivity contribution >= 4 is 11.9 Å². The Morgan fingerprint density at radius 2 is 1.76 bits per heavy atom. The van der Waals surface area contributed by atoms with E-state index in [1.807, 2.05) is 0 Å². The first-order valence-electron chi connectivity index (χ1n) is 5.11. The summed E-state index contributed by atoms with van der Waals surface area (Å²) in [4.78, 5) is 22.2. The molecule has 1 unspecified atom stereocenters. The van der Waals surface area contributed by atoms with Gasteiger partial charge < -0.3 is 10.1 Å². The highest BCUT2D eigenvalue weighted by molar-refractivity contribution is 5.89. The third-order valence-corrected chi connectivity index (χ3v) is 2.08. The van der Waals surface area contributed by atoms with E-state index in [-0.39, 0.29) is 0 Å². The van der Waals surface area contributed by atoms with Crippen molar-refractivity contribution in [2.24, 2.45) is 0 Å². The first-order chi connectivity index (χ1) is 7.50. The highest BCUT2D eigenvalue weighted by atomic mass is 19.4. The number of carbonyl (C=O) groups excluding carboxylic acids is 2. The van der Waals surface area contributed by atoms with Crippen molar-refractivity contribution < 1.29 is 27.5 Å². The number of nitrogens with one attached hydrogen (secondary N) is 1. The maximum absolute atomic E-state index is 12.0. The van der Waals surface area contributed by atoms with Crippen LogP contribution in [-0.4, -0.2) is 29.7 Å². The Morgan fingerprint density at radius 3 is 2.12 bits per heavy atom. The molecule has 4 nitrogen and oxygen atoms in total. The zero-order valence-electron chi connectivity index (χ0n) is 10.1. The fourth-order valence-corrected chi connectivity index (χ4v) is 0.819. The molecule has 0 radical (unpaired) electrons. The van der Waals surface area contributed by atoms with Crippen molar-refractivity contribution in [3.63, 3.8) is 0 Å². The van der Waals surface area contributed by atoms with Crippen LogP contribution in [0.25, 0.3) is 0 Å². The van der Waals surface area contributed by atoms with Crippen LogP contribution in [0.2, 0.25) is 0 Å². The van der Waals surface area contributed by atoms with Crippen molar-refractivity contribution in [1.82, 2.24) is 5.32 Å². The van der Waals surface area contributed by atoms with Gasteiger partial charge in [0.2, 0.25) is 0 Å². The second kappa shape index (κ2) is 5.37. The maximum Gasteiger partial charge on any atom is 0.471 e. The summed E-state index contributed by atoms with van der Waals surface area (Å²) >= 11 is 0. The third-order valence-electron chi connectivity index (χ3n) is 2.08. The van der Waals surface area contributed by atoms with Gasteiger partial charge in [0.05, 0.1) is 6.10 Å². The summed E-state index contributed by atoms with van der Waals surface area (Å²) < 4.78 is 40.9. The van der Waals surface area contributed by atoms with Crippen molar-refractivity contribution in [1.29, 1.82) is 0 Å². The number of ether oxygens (including phenoxy) is 1. The third kappa shape index (κ3) is 5.06. The van der Waals surface area contributed by atoms with Gasteiger partial charge in [0.15, 0.2) is 0 Å². The van der Waals surface area contributed by atoms with Crippen molar-refractivity contribution in [3.05, 3.63) is 0 Å². The Morgan fingerprint density at radius 1 is 1.29 bits per heavy atom. The molecule has 0 saturated carbocycles. The van der Waals surface area contributed by atoms with Gasteiger partial charge in [-0.05, 0) is 27.2 Å². The van der Waals surface area contributed by atoms with Gasteiger partial charge in [0.1, 0.15) is 5.54 Å². The van der Waals surface area contributed by atoms with Crippen LogP contribution in [0.5, 0.6) is 0 Å². The lowest BCUT2D eigenvalue weighted by molar-refractivity contribution is -0.178. The summed E-state index contributed by atoms with van der Waals surface area (Å²) in [6.45, 7) is 5.68. The van der Waals surface area contributed by atoms with Crippen molar-refractivity contribution in [2.45, 2.75) is 51.9 Å². The summed E-state index contributed by atoms with van der Waals surface area (Å²) in [5.41, 5.74) is -1.71. The molecule has 17 heavy (non-hydrogen) atoms. The van der Waals surface area contributed by atoms with Crippen LogP contribution >= 0.6 is 0 Å². The lowest BCUT2D eigenvalue weighted by atomic mass is 10.1. The van der Waals surface area contributed by atoms with Crippen LogP contribution in [0.15, 0.2) is 0 Å². The molecule has 0 spiro atoms. The lowest BCUT2D eigenvalue weighted by Crippen LogP contribution is -2.54. The highest BCUT2D eigenvalue weighted by Crippen LogP contribution is 2.17. The van der Waals surface area contributed by atoms with Gasteiger partial charge in [-0.25, -0.2) is 4.79 Å². The van der Waals surface area contributed by atoms with E-state index in [0.717, 1.165) is 13.8 Å². The van der Waals surface area contributed by atoms with E-state index in [9.17, 15) is 22.8 Å². The zero-order valence-corrected chi connectivity index (χ0v) is 10.1. The Kier molecular flexibility index (Phi) is 4.97. The standard InChI is InChI=1S/C10H16F3NO3/c1-5-6(2)17-8(16)9(3,4)14-7(15)10(11,12)13/h6H,5H2,1-4H3,(H,14,15). The van der Waals surface area contributed by atoms with Crippen LogP contribution in [0.4, 0.5) is 13.2 Å². The van der Waals surface area contributed by atoms with Crippen LogP contribution in [0.1, 0.15) is 34.1 Å².